The van der Waals surface area contributed by atoms with Crippen LogP contribution in [-0.4, -0.2) is 30.4 Å². The summed E-state index contributed by atoms with van der Waals surface area (Å²) in [4.78, 5) is 11.8. The standard InChI is InChI=1S/C18H26N2O3/c1-12-2-5-15(17(8-12)23-11-13-3-4-13)9-19-18(22)20-10-16(21)14-6-7-14/h2,5,8,13-14,16,21H,3-4,6-7,9-11H2,1H3,(H2,19,20,22)/t16-/m0/s1. The van der Waals surface area contributed by atoms with E-state index in [0.717, 1.165) is 36.3 Å². The molecular weight excluding hydrogens is 292 g/mol. The predicted octanol–water partition coefficient (Wildman–Crippen LogP) is 2.35. The number of urea groups is 1. The molecule has 2 amide bonds. The van der Waals surface area contributed by atoms with Crippen molar-refractivity contribution in [3.63, 3.8) is 0 Å². The lowest BCUT2D eigenvalue weighted by atomic mass is 10.1. The maximum atomic E-state index is 11.8. The van der Waals surface area contributed by atoms with Gasteiger partial charge in [-0.3, -0.25) is 0 Å². The van der Waals surface area contributed by atoms with Crippen molar-refractivity contribution in [2.45, 2.75) is 45.3 Å². The molecule has 23 heavy (non-hydrogen) atoms. The lowest BCUT2D eigenvalue weighted by Crippen LogP contribution is -2.40. The first-order valence-electron chi connectivity index (χ1n) is 8.54. The van der Waals surface area contributed by atoms with E-state index in [9.17, 15) is 9.90 Å². The van der Waals surface area contributed by atoms with E-state index in [0.29, 0.717) is 24.9 Å². The van der Waals surface area contributed by atoms with E-state index >= 15 is 0 Å². The third kappa shape index (κ3) is 5.13. The average molecular weight is 318 g/mol. The van der Waals surface area contributed by atoms with Crippen LogP contribution in [0.4, 0.5) is 4.79 Å². The highest BCUT2D eigenvalue weighted by atomic mass is 16.5. The SMILES string of the molecule is Cc1ccc(CNC(=O)NC[C@H](O)C2CC2)c(OCC2CC2)c1. The van der Waals surface area contributed by atoms with Crippen molar-refractivity contribution >= 4 is 6.03 Å². The highest BCUT2D eigenvalue weighted by molar-refractivity contribution is 5.73. The second kappa shape index (κ2) is 7.21. The van der Waals surface area contributed by atoms with Crippen molar-refractivity contribution in [3.05, 3.63) is 29.3 Å². The van der Waals surface area contributed by atoms with E-state index in [-0.39, 0.29) is 6.03 Å². The van der Waals surface area contributed by atoms with Crippen LogP contribution in [-0.2, 0) is 6.54 Å². The van der Waals surface area contributed by atoms with Gasteiger partial charge in [-0.15, -0.1) is 0 Å². The topological polar surface area (TPSA) is 70.6 Å². The zero-order valence-electron chi connectivity index (χ0n) is 13.7. The molecule has 3 N–H and O–H groups in total. The highest BCUT2D eigenvalue weighted by Crippen LogP contribution is 2.32. The number of aliphatic hydroxyl groups excluding tert-OH is 1. The maximum absolute atomic E-state index is 11.8. The van der Waals surface area contributed by atoms with Crippen LogP contribution in [0.25, 0.3) is 0 Å². The predicted molar refractivity (Wildman–Crippen MR) is 88.4 cm³/mol. The van der Waals surface area contributed by atoms with Crippen molar-refractivity contribution < 1.29 is 14.6 Å². The molecular formula is C18H26N2O3. The van der Waals surface area contributed by atoms with E-state index in [1.807, 2.05) is 25.1 Å². The second-order valence-electron chi connectivity index (χ2n) is 6.83. The number of aliphatic hydroxyl groups is 1. The van der Waals surface area contributed by atoms with Gasteiger partial charge < -0.3 is 20.5 Å². The summed E-state index contributed by atoms with van der Waals surface area (Å²) in [5.41, 5.74) is 2.13. The van der Waals surface area contributed by atoms with Crippen LogP contribution >= 0.6 is 0 Å². The molecule has 2 aliphatic rings. The third-order valence-corrected chi connectivity index (χ3v) is 4.47. The molecule has 2 fully saturated rings. The fraction of sp³-hybridized carbons (Fsp3) is 0.611. The van der Waals surface area contributed by atoms with Crippen molar-refractivity contribution in [2.24, 2.45) is 11.8 Å². The Balaban J connectivity index is 1.46. The van der Waals surface area contributed by atoms with Gasteiger partial charge in [0.15, 0.2) is 0 Å². The Morgan fingerprint density at radius 2 is 2.09 bits per heavy atom. The van der Waals surface area contributed by atoms with Crippen LogP contribution in [0.2, 0.25) is 0 Å². The number of hydrogen-bond donors (Lipinski definition) is 3. The van der Waals surface area contributed by atoms with E-state index in [1.54, 1.807) is 0 Å². The quantitative estimate of drug-likeness (QED) is 0.689. The summed E-state index contributed by atoms with van der Waals surface area (Å²) >= 11 is 0. The van der Waals surface area contributed by atoms with Crippen LogP contribution < -0.4 is 15.4 Å². The Hall–Kier alpha value is -1.75. The number of carbonyl (C=O) groups is 1. The van der Waals surface area contributed by atoms with E-state index in [2.05, 4.69) is 10.6 Å². The highest BCUT2D eigenvalue weighted by Gasteiger charge is 2.29. The minimum atomic E-state index is -0.419. The molecule has 0 aliphatic heterocycles. The molecule has 0 radical (unpaired) electrons. The monoisotopic (exact) mass is 318 g/mol. The number of benzene rings is 1. The fourth-order valence-corrected chi connectivity index (χ4v) is 2.52. The molecule has 5 nitrogen and oxygen atoms in total. The van der Waals surface area contributed by atoms with Crippen molar-refractivity contribution in [2.75, 3.05) is 13.2 Å². The smallest absolute Gasteiger partial charge is 0.315 e. The van der Waals surface area contributed by atoms with Crippen molar-refractivity contribution in [1.29, 1.82) is 0 Å². The summed E-state index contributed by atoms with van der Waals surface area (Å²) in [6.45, 7) is 3.53. The van der Waals surface area contributed by atoms with Gasteiger partial charge in [0.25, 0.3) is 0 Å². The lowest BCUT2D eigenvalue weighted by Gasteiger charge is -2.14. The van der Waals surface area contributed by atoms with Crippen molar-refractivity contribution in [3.8, 4) is 5.75 Å². The molecule has 2 aliphatic carbocycles. The Kier molecular flexibility index (Phi) is 5.06. The molecule has 0 spiro atoms. The van der Waals surface area contributed by atoms with E-state index in [4.69, 9.17) is 4.74 Å². The van der Waals surface area contributed by atoms with Gasteiger partial charge in [0, 0.05) is 18.7 Å². The third-order valence-electron chi connectivity index (χ3n) is 4.47. The minimum Gasteiger partial charge on any atom is -0.493 e. The summed E-state index contributed by atoms with van der Waals surface area (Å²) in [6.07, 6.45) is 4.22. The number of hydrogen-bond acceptors (Lipinski definition) is 3. The molecule has 3 rings (SSSR count). The molecule has 0 bridgehead atoms. The number of carbonyl (C=O) groups excluding carboxylic acids is 1. The number of amides is 2. The van der Waals surface area contributed by atoms with Gasteiger partial charge in [0.1, 0.15) is 5.75 Å². The molecule has 0 unspecified atom stereocenters. The van der Waals surface area contributed by atoms with Gasteiger partial charge >= 0.3 is 6.03 Å². The second-order valence-corrected chi connectivity index (χ2v) is 6.83. The first kappa shape index (κ1) is 16.1. The summed E-state index contributed by atoms with van der Waals surface area (Å²) in [7, 11) is 0. The Morgan fingerprint density at radius 3 is 2.78 bits per heavy atom. The molecule has 2 saturated carbocycles. The van der Waals surface area contributed by atoms with Gasteiger partial charge in [-0.2, -0.15) is 0 Å². The van der Waals surface area contributed by atoms with E-state index < -0.39 is 6.10 Å². The number of nitrogens with one attached hydrogen (secondary N) is 2. The van der Waals surface area contributed by atoms with Gasteiger partial charge in [-0.25, -0.2) is 4.79 Å². The molecule has 1 aromatic rings. The number of rotatable bonds is 8. The van der Waals surface area contributed by atoms with Crippen LogP contribution in [0, 0.1) is 18.8 Å². The average Bonchev–Trinajstić information content (AvgIpc) is 3.41. The van der Waals surface area contributed by atoms with E-state index in [1.165, 1.54) is 12.8 Å². The molecule has 126 valence electrons. The molecule has 1 aromatic carbocycles. The van der Waals surface area contributed by atoms with Crippen LogP contribution in [0.1, 0.15) is 36.8 Å². The molecule has 1 atom stereocenters. The first-order chi connectivity index (χ1) is 11.1. The normalized spacial score (nSPS) is 18.3. The summed E-state index contributed by atoms with van der Waals surface area (Å²) in [5.74, 6) is 1.92. The van der Waals surface area contributed by atoms with Gasteiger partial charge in [-0.05, 0) is 56.1 Å². The maximum Gasteiger partial charge on any atom is 0.315 e. The van der Waals surface area contributed by atoms with Crippen LogP contribution in [0.5, 0.6) is 5.75 Å². The first-order valence-corrected chi connectivity index (χ1v) is 8.54. The summed E-state index contributed by atoms with van der Waals surface area (Å²) in [6, 6.07) is 5.79. The molecule has 5 heteroatoms. The Labute approximate surface area is 137 Å². The lowest BCUT2D eigenvalue weighted by molar-refractivity contribution is 0.149. The Bertz CT molecular complexity index is 553. The fourth-order valence-electron chi connectivity index (χ4n) is 2.52. The number of ether oxygens (including phenoxy) is 1. The minimum absolute atomic E-state index is 0.251. The van der Waals surface area contributed by atoms with Gasteiger partial charge in [0.2, 0.25) is 0 Å². The van der Waals surface area contributed by atoms with Gasteiger partial charge in [0.05, 0.1) is 12.7 Å². The van der Waals surface area contributed by atoms with Crippen molar-refractivity contribution in [1.82, 2.24) is 10.6 Å². The zero-order valence-corrected chi connectivity index (χ0v) is 13.7. The van der Waals surface area contributed by atoms with Crippen LogP contribution in [0.3, 0.4) is 0 Å². The molecule has 0 aromatic heterocycles. The Morgan fingerprint density at radius 1 is 1.30 bits per heavy atom. The number of aryl methyl sites for hydroxylation is 1. The summed E-state index contributed by atoms with van der Waals surface area (Å²) < 4.78 is 5.90. The largest absolute Gasteiger partial charge is 0.493 e. The molecule has 0 saturated heterocycles. The van der Waals surface area contributed by atoms with Gasteiger partial charge in [-0.1, -0.05) is 12.1 Å². The summed E-state index contributed by atoms with van der Waals surface area (Å²) in [5, 5.41) is 15.3. The zero-order chi connectivity index (χ0) is 16.2. The molecule has 0 heterocycles. The van der Waals surface area contributed by atoms with Crippen LogP contribution in [0.15, 0.2) is 18.2 Å².